The molecule has 0 aliphatic rings. The van der Waals surface area contributed by atoms with Crippen LogP contribution in [0.3, 0.4) is 0 Å². The van der Waals surface area contributed by atoms with Crippen molar-refractivity contribution in [2.24, 2.45) is 0 Å². The summed E-state index contributed by atoms with van der Waals surface area (Å²) < 4.78 is 0.973. The number of thioether (sulfide) groups is 1. The van der Waals surface area contributed by atoms with Crippen LogP contribution in [0.5, 0.6) is 0 Å². The third-order valence-electron chi connectivity index (χ3n) is 1.83. The fourth-order valence-electron chi connectivity index (χ4n) is 1.18. The molecule has 4 nitrogen and oxygen atoms in total. The lowest BCUT2D eigenvalue weighted by molar-refractivity contribution is -0.133. The third-order valence-corrected chi connectivity index (χ3v) is 4.03. The Balaban J connectivity index is 2.38. The molecule has 2 rings (SSSR count). The number of rotatable bonds is 3. The highest BCUT2D eigenvalue weighted by molar-refractivity contribution is 8.00. The third kappa shape index (κ3) is 2.10. The van der Waals surface area contributed by atoms with Gasteiger partial charge >= 0.3 is 5.97 Å². The Morgan fingerprint density at radius 2 is 2.40 bits per heavy atom. The van der Waals surface area contributed by atoms with E-state index >= 15 is 0 Å². The highest BCUT2D eigenvalue weighted by Gasteiger charge is 2.09. The van der Waals surface area contributed by atoms with Crippen molar-refractivity contribution in [1.82, 2.24) is 9.97 Å². The molecule has 0 aliphatic heterocycles. The molecule has 0 spiro atoms. The zero-order valence-corrected chi connectivity index (χ0v) is 9.56. The molecule has 0 saturated carbocycles. The Hall–Kier alpha value is -1.14. The molecule has 0 saturated heterocycles. The van der Waals surface area contributed by atoms with Gasteiger partial charge in [-0.2, -0.15) is 0 Å². The van der Waals surface area contributed by atoms with E-state index in [2.05, 4.69) is 9.97 Å². The minimum atomic E-state index is -0.833. The first-order valence-electron chi connectivity index (χ1n) is 4.22. The number of aromatic nitrogens is 2. The summed E-state index contributed by atoms with van der Waals surface area (Å²) in [5.74, 6) is -0.802. The smallest absolute Gasteiger partial charge is 0.313 e. The van der Waals surface area contributed by atoms with Crippen LogP contribution in [0.1, 0.15) is 5.56 Å². The van der Waals surface area contributed by atoms with Crippen LogP contribution in [0, 0.1) is 6.92 Å². The predicted octanol–water partition coefficient (Wildman–Crippen LogP) is 2.18. The molecule has 1 N–H and O–H groups in total. The van der Waals surface area contributed by atoms with Gasteiger partial charge in [-0.15, -0.1) is 11.3 Å². The normalized spacial score (nSPS) is 10.7. The first-order valence-corrected chi connectivity index (χ1v) is 6.08. The number of hydrogen-bond acceptors (Lipinski definition) is 5. The van der Waals surface area contributed by atoms with Crippen LogP contribution in [0.15, 0.2) is 16.7 Å². The quantitative estimate of drug-likeness (QED) is 0.658. The van der Waals surface area contributed by atoms with Gasteiger partial charge in [-0.05, 0) is 17.9 Å². The van der Waals surface area contributed by atoms with E-state index in [9.17, 15) is 4.79 Å². The maximum absolute atomic E-state index is 10.5. The van der Waals surface area contributed by atoms with E-state index in [0.717, 1.165) is 20.8 Å². The summed E-state index contributed by atoms with van der Waals surface area (Å²) in [7, 11) is 0. The molecule has 15 heavy (non-hydrogen) atoms. The zero-order valence-electron chi connectivity index (χ0n) is 7.93. The molecule has 0 fully saturated rings. The summed E-state index contributed by atoms with van der Waals surface area (Å²) in [6.45, 7) is 1.98. The van der Waals surface area contributed by atoms with Gasteiger partial charge in [-0.3, -0.25) is 4.79 Å². The molecule has 0 unspecified atom stereocenters. The minimum absolute atomic E-state index is 0.0308. The number of thiophene rings is 1. The largest absolute Gasteiger partial charge is 0.481 e. The fourth-order valence-corrected chi connectivity index (χ4v) is 3.00. The van der Waals surface area contributed by atoms with Crippen LogP contribution in [0.4, 0.5) is 0 Å². The number of carbonyl (C=O) groups is 1. The van der Waals surface area contributed by atoms with Gasteiger partial charge in [0.2, 0.25) is 0 Å². The van der Waals surface area contributed by atoms with E-state index in [1.807, 2.05) is 12.3 Å². The first kappa shape index (κ1) is 10.4. The molecular formula is C9H8N2O2S2. The van der Waals surface area contributed by atoms with Gasteiger partial charge in [-0.1, -0.05) is 11.8 Å². The predicted molar refractivity (Wildman–Crippen MR) is 60.5 cm³/mol. The Bertz CT molecular complexity index is 510. The first-order chi connectivity index (χ1) is 7.18. The standard InChI is InChI=1S/C9H8N2O2S2/c1-5-2-14-8-7(5)10-4-11-9(8)15-3-6(12)13/h2,4H,3H2,1H3,(H,12,13). The highest BCUT2D eigenvalue weighted by Crippen LogP contribution is 2.30. The van der Waals surface area contributed by atoms with Gasteiger partial charge in [0.25, 0.3) is 0 Å². The van der Waals surface area contributed by atoms with Gasteiger partial charge in [0.05, 0.1) is 16.0 Å². The number of nitrogens with zero attached hydrogens (tertiary/aromatic N) is 2. The summed E-state index contributed by atoms with van der Waals surface area (Å²) in [5.41, 5.74) is 2.03. The van der Waals surface area contributed by atoms with Crippen molar-refractivity contribution in [3.63, 3.8) is 0 Å². The summed E-state index contributed by atoms with van der Waals surface area (Å²) in [5, 5.41) is 11.3. The lowest BCUT2D eigenvalue weighted by atomic mass is 10.3. The second-order valence-electron chi connectivity index (χ2n) is 2.96. The number of carboxylic acids is 1. The topological polar surface area (TPSA) is 63.1 Å². The Kier molecular flexibility index (Phi) is 2.88. The highest BCUT2D eigenvalue weighted by atomic mass is 32.2. The lowest BCUT2D eigenvalue weighted by Gasteiger charge is -1.98. The molecule has 6 heteroatoms. The Morgan fingerprint density at radius 1 is 1.60 bits per heavy atom. The SMILES string of the molecule is Cc1csc2c(SCC(=O)O)ncnc12. The zero-order chi connectivity index (χ0) is 10.8. The van der Waals surface area contributed by atoms with Crippen LogP contribution < -0.4 is 0 Å². The molecule has 78 valence electrons. The van der Waals surface area contributed by atoms with Gasteiger partial charge in [0.15, 0.2) is 0 Å². The summed E-state index contributed by atoms with van der Waals surface area (Å²) in [4.78, 5) is 18.7. The average Bonchev–Trinajstić information content (AvgIpc) is 2.58. The van der Waals surface area contributed by atoms with E-state index in [0.29, 0.717) is 0 Å². The molecule has 2 aromatic rings. The van der Waals surface area contributed by atoms with E-state index in [1.54, 1.807) is 11.3 Å². The molecule has 0 atom stereocenters. The molecule has 0 radical (unpaired) electrons. The van der Waals surface area contributed by atoms with Gasteiger partial charge in [-0.25, -0.2) is 9.97 Å². The fraction of sp³-hybridized carbons (Fsp3) is 0.222. The minimum Gasteiger partial charge on any atom is -0.481 e. The van der Waals surface area contributed by atoms with E-state index < -0.39 is 5.97 Å². The van der Waals surface area contributed by atoms with Crippen LogP contribution >= 0.6 is 23.1 Å². The lowest BCUT2D eigenvalue weighted by Crippen LogP contribution is -1.98. The molecule has 0 aliphatic carbocycles. The van der Waals surface area contributed by atoms with E-state index in [1.165, 1.54) is 18.1 Å². The van der Waals surface area contributed by atoms with Crippen molar-refractivity contribution in [2.75, 3.05) is 5.75 Å². The van der Waals surface area contributed by atoms with Crippen molar-refractivity contribution in [3.05, 3.63) is 17.3 Å². The van der Waals surface area contributed by atoms with E-state index in [-0.39, 0.29) is 5.75 Å². The number of fused-ring (bicyclic) bond motifs is 1. The van der Waals surface area contributed by atoms with E-state index in [4.69, 9.17) is 5.11 Å². The van der Waals surface area contributed by atoms with Gasteiger partial charge < -0.3 is 5.11 Å². The van der Waals surface area contributed by atoms with Crippen molar-refractivity contribution in [2.45, 2.75) is 11.9 Å². The average molecular weight is 240 g/mol. The summed E-state index contributed by atoms with van der Waals surface area (Å²) in [6.07, 6.45) is 1.48. The van der Waals surface area contributed by atoms with Crippen molar-refractivity contribution in [3.8, 4) is 0 Å². The molecule has 0 amide bonds. The molecule has 2 aromatic heterocycles. The molecule has 0 aromatic carbocycles. The molecule has 0 bridgehead atoms. The van der Waals surface area contributed by atoms with Crippen LogP contribution in [-0.2, 0) is 4.79 Å². The van der Waals surface area contributed by atoms with Crippen molar-refractivity contribution in [1.29, 1.82) is 0 Å². The maximum Gasteiger partial charge on any atom is 0.313 e. The molecular weight excluding hydrogens is 232 g/mol. The summed E-state index contributed by atoms with van der Waals surface area (Å²) in [6, 6.07) is 0. The number of aryl methyl sites for hydroxylation is 1. The Morgan fingerprint density at radius 3 is 3.13 bits per heavy atom. The second kappa shape index (κ2) is 4.16. The van der Waals surface area contributed by atoms with Gasteiger partial charge in [0.1, 0.15) is 11.4 Å². The van der Waals surface area contributed by atoms with Crippen LogP contribution in [0.25, 0.3) is 10.2 Å². The van der Waals surface area contributed by atoms with Crippen LogP contribution in [-0.4, -0.2) is 26.8 Å². The number of aliphatic carboxylic acids is 1. The number of carboxylic acid groups (broad SMARTS) is 1. The maximum atomic E-state index is 10.5. The number of hydrogen-bond donors (Lipinski definition) is 1. The van der Waals surface area contributed by atoms with Crippen molar-refractivity contribution < 1.29 is 9.90 Å². The molecule has 2 heterocycles. The van der Waals surface area contributed by atoms with Crippen molar-refractivity contribution >= 4 is 39.3 Å². The second-order valence-corrected chi connectivity index (χ2v) is 4.80. The van der Waals surface area contributed by atoms with Crippen LogP contribution in [0.2, 0.25) is 0 Å². The summed E-state index contributed by atoms with van der Waals surface area (Å²) >= 11 is 2.78. The van der Waals surface area contributed by atoms with Gasteiger partial charge in [0, 0.05) is 0 Å². The monoisotopic (exact) mass is 240 g/mol. The Labute approximate surface area is 94.4 Å².